The molecule has 5 atom stereocenters. The van der Waals surface area contributed by atoms with Crippen molar-refractivity contribution in [3.8, 4) is 0 Å². The van der Waals surface area contributed by atoms with E-state index >= 15 is 0 Å². The molecule has 1 aromatic rings. The van der Waals surface area contributed by atoms with Gasteiger partial charge in [-0.3, -0.25) is 0 Å². The zero-order valence-electron chi connectivity index (χ0n) is 19.5. The molecule has 2 unspecified atom stereocenters. The first-order valence-corrected chi connectivity index (χ1v) is 11.9. The van der Waals surface area contributed by atoms with Crippen molar-refractivity contribution in [3.05, 3.63) is 58.4 Å². The number of ether oxygens (including phenoxy) is 3. The van der Waals surface area contributed by atoms with Gasteiger partial charge in [0.05, 0.1) is 31.3 Å². The van der Waals surface area contributed by atoms with Gasteiger partial charge in [0, 0.05) is 32.0 Å². The third-order valence-corrected chi connectivity index (χ3v) is 9.08. The maximum atomic E-state index is 8.91. The van der Waals surface area contributed by atoms with Crippen LogP contribution in [0.3, 0.4) is 0 Å². The summed E-state index contributed by atoms with van der Waals surface area (Å²) in [4.78, 5) is 0. The lowest BCUT2D eigenvalue weighted by molar-refractivity contribution is -0.149. The van der Waals surface area contributed by atoms with Crippen molar-refractivity contribution < 1.29 is 19.4 Å². The Morgan fingerprint density at radius 2 is 2.00 bits per heavy atom. The first-order chi connectivity index (χ1) is 15.6. The summed E-state index contributed by atoms with van der Waals surface area (Å²) in [5.74, 6) is 1.54. The average molecular weight is 438 g/mol. The maximum absolute atomic E-state index is 8.91. The minimum Gasteiger partial charge on any atom is -0.501 e. The fourth-order valence-corrected chi connectivity index (χ4v) is 7.56. The second-order valence-corrected chi connectivity index (χ2v) is 10.2. The van der Waals surface area contributed by atoms with Crippen molar-refractivity contribution >= 4 is 6.21 Å². The van der Waals surface area contributed by atoms with E-state index in [0.717, 1.165) is 37.9 Å². The Hall–Kier alpha value is -2.11. The van der Waals surface area contributed by atoms with Gasteiger partial charge in [-0.2, -0.15) is 0 Å². The molecule has 0 spiro atoms. The third-order valence-electron chi connectivity index (χ3n) is 9.08. The molecule has 4 aliphatic rings. The van der Waals surface area contributed by atoms with Crippen molar-refractivity contribution in [3.63, 3.8) is 0 Å². The predicted octanol–water partition coefficient (Wildman–Crippen LogP) is 5.44. The number of hydrogen-bond donors (Lipinski definition) is 1. The Labute approximate surface area is 191 Å². The monoisotopic (exact) mass is 437 g/mol. The summed E-state index contributed by atoms with van der Waals surface area (Å²) in [6.45, 7) is 3.89. The summed E-state index contributed by atoms with van der Waals surface area (Å²) < 4.78 is 17.8. The van der Waals surface area contributed by atoms with Crippen LogP contribution in [0.1, 0.15) is 62.5 Å². The quantitative estimate of drug-likeness (QED) is 0.378. The normalized spacial score (nSPS) is 36.3. The van der Waals surface area contributed by atoms with E-state index in [4.69, 9.17) is 19.4 Å². The Kier molecular flexibility index (Phi) is 5.67. The Bertz CT molecular complexity index is 949. The van der Waals surface area contributed by atoms with Crippen molar-refractivity contribution in [1.29, 1.82) is 0 Å². The first-order valence-electron chi connectivity index (χ1n) is 11.9. The fraction of sp³-hybridized carbons (Fsp3) is 0.593. The molecule has 172 valence electrons. The fourth-order valence-electron chi connectivity index (χ4n) is 7.56. The molecule has 1 N–H and O–H groups in total. The van der Waals surface area contributed by atoms with Crippen LogP contribution in [0.25, 0.3) is 0 Å². The lowest BCUT2D eigenvalue weighted by Gasteiger charge is -2.55. The summed E-state index contributed by atoms with van der Waals surface area (Å²) in [6.07, 6.45) is 10.1. The molecule has 5 heteroatoms. The Balaban J connectivity index is 1.64. The number of benzene rings is 1. The third kappa shape index (κ3) is 3.16. The van der Waals surface area contributed by atoms with Gasteiger partial charge in [-0.05, 0) is 66.2 Å². The van der Waals surface area contributed by atoms with Crippen LogP contribution in [0.4, 0.5) is 0 Å². The molecule has 5 rings (SSSR count). The molecule has 0 amide bonds. The molecule has 1 heterocycles. The highest BCUT2D eigenvalue weighted by atomic mass is 16.5. The number of oxime groups is 1. The van der Waals surface area contributed by atoms with Gasteiger partial charge in [-0.25, -0.2) is 0 Å². The number of methoxy groups -OCH3 is 2. The van der Waals surface area contributed by atoms with Gasteiger partial charge < -0.3 is 19.4 Å². The average Bonchev–Trinajstić information content (AvgIpc) is 3.11. The van der Waals surface area contributed by atoms with Crippen LogP contribution in [0.2, 0.25) is 0 Å². The van der Waals surface area contributed by atoms with E-state index in [-0.39, 0.29) is 11.0 Å². The number of allylic oxidation sites excluding steroid dienone is 2. The molecule has 1 aliphatic heterocycles. The van der Waals surface area contributed by atoms with Crippen molar-refractivity contribution in [1.82, 2.24) is 0 Å². The number of nitrogens with zero attached hydrogens (tertiary/aromatic N) is 1. The molecule has 0 bridgehead atoms. The van der Waals surface area contributed by atoms with Crippen LogP contribution in [0, 0.1) is 17.3 Å². The lowest BCUT2D eigenvalue weighted by atomic mass is 9.51. The molecule has 1 aromatic carbocycles. The summed E-state index contributed by atoms with van der Waals surface area (Å²) in [5.41, 5.74) is 6.68. The Morgan fingerprint density at radius 3 is 2.72 bits per heavy atom. The van der Waals surface area contributed by atoms with Crippen LogP contribution in [-0.2, 0) is 14.2 Å². The highest BCUT2D eigenvalue weighted by molar-refractivity contribution is 5.79. The van der Waals surface area contributed by atoms with Gasteiger partial charge in [0.25, 0.3) is 0 Å². The second-order valence-electron chi connectivity index (χ2n) is 10.2. The minimum absolute atomic E-state index is 0.0504. The molecule has 3 aliphatic carbocycles. The molecule has 32 heavy (non-hydrogen) atoms. The van der Waals surface area contributed by atoms with Gasteiger partial charge in [-0.15, -0.1) is 0 Å². The van der Waals surface area contributed by atoms with E-state index in [1.165, 1.54) is 30.2 Å². The van der Waals surface area contributed by atoms with Crippen LogP contribution < -0.4 is 0 Å². The molecular weight excluding hydrogens is 402 g/mol. The zero-order valence-corrected chi connectivity index (χ0v) is 19.5. The lowest BCUT2D eigenvalue weighted by Crippen LogP contribution is -2.54. The summed E-state index contributed by atoms with van der Waals surface area (Å²) >= 11 is 0. The van der Waals surface area contributed by atoms with Crippen LogP contribution >= 0.6 is 0 Å². The highest BCUT2D eigenvalue weighted by Crippen LogP contribution is 2.67. The largest absolute Gasteiger partial charge is 0.501 e. The maximum Gasteiger partial charge on any atom is 0.0967 e. The standard InChI is InChI=1S/C27H35NO4/c1-26-14-23(19-6-4-18(5-7-19)15-28-29)25-21-11-13-32-16-20(21)8-9-22(25)24(26)10-12-27(26,31-3)17-30-2/h4-7,15-16,22-24,29H,8-14,17H2,1-3H3/t22?,23-,24?,26+,27-/m1/s1. The predicted molar refractivity (Wildman–Crippen MR) is 124 cm³/mol. The smallest absolute Gasteiger partial charge is 0.0967 e. The van der Waals surface area contributed by atoms with E-state index < -0.39 is 0 Å². The molecule has 2 saturated carbocycles. The van der Waals surface area contributed by atoms with Gasteiger partial charge in [-0.1, -0.05) is 41.9 Å². The van der Waals surface area contributed by atoms with Crippen LogP contribution in [-0.4, -0.2) is 44.5 Å². The summed E-state index contributed by atoms with van der Waals surface area (Å²) in [6, 6.07) is 8.54. The zero-order chi connectivity index (χ0) is 22.3. The highest BCUT2D eigenvalue weighted by Gasteiger charge is 2.63. The number of rotatable bonds is 5. The van der Waals surface area contributed by atoms with Crippen molar-refractivity contribution in [2.75, 3.05) is 27.4 Å². The molecule has 2 fully saturated rings. The van der Waals surface area contributed by atoms with E-state index in [1.54, 1.807) is 18.3 Å². The van der Waals surface area contributed by atoms with Gasteiger partial charge in [0.15, 0.2) is 0 Å². The number of hydrogen-bond acceptors (Lipinski definition) is 5. The van der Waals surface area contributed by atoms with E-state index in [1.807, 2.05) is 13.4 Å². The summed E-state index contributed by atoms with van der Waals surface area (Å²) in [5, 5.41) is 12.1. The van der Waals surface area contributed by atoms with Crippen LogP contribution in [0.5, 0.6) is 0 Å². The second kappa shape index (κ2) is 8.35. The number of fused-ring (bicyclic) bond motifs is 4. The van der Waals surface area contributed by atoms with E-state index in [2.05, 4.69) is 36.3 Å². The van der Waals surface area contributed by atoms with Crippen molar-refractivity contribution in [2.24, 2.45) is 22.4 Å². The minimum atomic E-state index is -0.240. The molecule has 0 radical (unpaired) electrons. The van der Waals surface area contributed by atoms with Gasteiger partial charge in [0.1, 0.15) is 0 Å². The SMILES string of the molecule is COC[C@]1(OC)CCC2C3CCC4=COCCC4=C3[C@@H](c3ccc(C=NO)cc3)C[C@@]21C. The van der Waals surface area contributed by atoms with E-state index in [9.17, 15) is 0 Å². The topological polar surface area (TPSA) is 60.3 Å². The molecular formula is C27H35NO4. The molecule has 0 saturated heterocycles. The Morgan fingerprint density at radius 1 is 1.19 bits per heavy atom. The van der Waals surface area contributed by atoms with Crippen molar-refractivity contribution in [2.45, 2.75) is 57.0 Å². The first kappa shape index (κ1) is 21.7. The van der Waals surface area contributed by atoms with Gasteiger partial charge >= 0.3 is 0 Å². The molecule has 5 nitrogen and oxygen atoms in total. The van der Waals surface area contributed by atoms with Gasteiger partial charge in [0.2, 0.25) is 0 Å². The molecule has 0 aromatic heterocycles. The summed E-state index contributed by atoms with van der Waals surface area (Å²) in [7, 11) is 3.67. The van der Waals surface area contributed by atoms with E-state index in [0.29, 0.717) is 24.4 Å². The van der Waals surface area contributed by atoms with Crippen LogP contribution in [0.15, 0.2) is 52.4 Å².